The fourth-order valence-corrected chi connectivity index (χ4v) is 1.33. The van der Waals surface area contributed by atoms with Crippen LogP contribution in [0.4, 0.5) is 0 Å². The third kappa shape index (κ3) is 1.70. The minimum Gasteiger partial charge on any atom is -0.392 e. The molecule has 1 atom stereocenters. The topological polar surface area (TPSA) is 41.8 Å². The van der Waals surface area contributed by atoms with Crippen LogP contribution in [0, 0.1) is 0 Å². The van der Waals surface area contributed by atoms with Gasteiger partial charge in [0.2, 0.25) is 0 Å². The number of hydrogen-bond donors (Lipinski definition) is 1. The van der Waals surface area contributed by atoms with Crippen LogP contribution >= 0.6 is 0 Å². The summed E-state index contributed by atoms with van der Waals surface area (Å²) in [6.07, 6.45) is 0.538. The minimum absolute atomic E-state index is 0.0276. The first-order chi connectivity index (χ1) is 6.40. The van der Waals surface area contributed by atoms with E-state index < -0.39 is 0 Å². The second-order valence-electron chi connectivity index (χ2n) is 3.02. The molecule has 1 aromatic carbocycles. The smallest absolute Gasteiger partial charge is 0.156 e. The quantitative estimate of drug-likeness (QED) is 0.736. The van der Waals surface area contributed by atoms with Crippen LogP contribution in [-0.2, 0) is 4.84 Å². The van der Waals surface area contributed by atoms with Gasteiger partial charge in [0, 0.05) is 6.42 Å². The number of hydrogen-bond acceptors (Lipinski definition) is 3. The molecule has 0 saturated carbocycles. The molecule has 0 aliphatic carbocycles. The summed E-state index contributed by atoms with van der Waals surface area (Å²) in [7, 11) is 0. The molecule has 68 valence electrons. The second kappa shape index (κ2) is 3.58. The molecule has 2 rings (SSSR count). The number of aliphatic hydroxyl groups excluding tert-OH is 1. The van der Waals surface area contributed by atoms with Gasteiger partial charge in [-0.25, -0.2) is 0 Å². The van der Waals surface area contributed by atoms with Crippen molar-refractivity contribution >= 4 is 5.71 Å². The molecule has 1 aromatic rings. The van der Waals surface area contributed by atoms with Crippen LogP contribution in [-0.4, -0.2) is 23.5 Å². The van der Waals surface area contributed by atoms with E-state index in [4.69, 9.17) is 9.94 Å². The normalized spacial score (nSPS) is 21.0. The van der Waals surface area contributed by atoms with Gasteiger partial charge in [-0.05, 0) is 5.56 Å². The molecule has 1 aliphatic rings. The van der Waals surface area contributed by atoms with E-state index in [1.807, 2.05) is 30.3 Å². The number of rotatable bonds is 2. The van der Waals surface area contributed by atoms with Gasteiger partial charge in [-0.2, -0.15) is 0 Å². The van der Waals surface area contributed by atoms with Gasteiger partial charge in [0.05, 0.1) is 12.3 Å². The first kappa shape index (κ1) is 8.26. The molecule has 0 bridgehead atoms. The Bertz CT molecular complexity index is 308. The minimum atomic E-state index is -0.157. The Morgan fingerprint density at radius 3 is 2.77 bits per heavy atom. The molecular formula is C10H11NO2. The van der Waals surface area contributed by atoms with Crippen LogP contribution in [0.25, 0.3) is 0 Å². The second-order valence-corrected chi connectivity index (χ2v) is 3.02. The van der Waals surface area contributed by atoms with E-state index in [0.29, 0.717) is 6.42 Å². The molecule has 1 aliphatic heterocycles. The average Bonchev–Trinajstić information content (AvgIpc) is 2.67. The molecule has 0 radical (unpaired) electrons. The number of benzene rings is 1. The van der Waals surface area contributed by atoms with Crippen LogP contribution in [0.2, 0.25) is 0 Å². The lowest BCUT2D eigenvalue weighted by molar-refractivity contribution is 0.0390. The van der Waals surface area contributed by atoms with Crippen molar-refractivity contribution in [3.63, 3.8) is 0 Å². The van der Waals surface area contributed by atoms with Gasteiger partial charge < -0.3 is 9.94 Å². The van der Waals surface area contributed by atoms with Crippen molar-refractivity contribution in [1.29, 1.82) is 0 Å². The zero-order valence-electron chi connectivity index (χ0n) is 7.18. The van der Waals surface area contributed by atoms with Crippen LogP contribution < -0.4 is 0 Å². The summed E-state index contributed by atoms with van der Waals surface area (Å²) in [5, 5.41) is 12.7. The monoisotopic (exact) mass is 177 g/mol. The zero-order valence-corrected chi connectivity index (χ0v) is 7.18. The standard InChI is InChI=1S/C10H11NO2/c12-7-9-6-10(11-13-9)8-4-2-1-3-5-8/h1-5,9,12H,6-7H2/t9-/m1/s1. The molecule has 1 heterocycles. The largest absolute Gasteiger partial charge is 0.392 e. The predicted molar refractivity (Wildman–Crippen MR) is 49.6 cm³/mol. The van der Waals surface area contributed by atoms with Gasteiger partial charge in [0.15, 0.2) is 6.10 Å². The first-order valence-electron chi connectivity index (χ1n) is 4.29. The van der Waals surface area contributed by atoms with E-state index in [0.717, 1.165) is 11.3 Å². The maximum atomic E-state index is 8.83. The highest BCUT2D eigenvalue weighted by Gasteiger charge is 2.20. The highest BCUT2D eigenvalue weighted by Crippen LogP contribution is 2.15. The van der Waals surface area contributed by atoms with Crippen molar-refractivity contribution in [3.05, 3.63) is 35.9 Å². The van der Waals surface area contributed by atoms with Crippen LogP contribution in [0.5, 0.6) is 0 Å². The molecule has 13 heavy (non-hydrogen) atoms. The Hall–Kier alpha value is -1.35. The zero-order chi connectivity index (χ0) is 9.10. The summed E-state index contributed by atoms with van der Waals surface area (Å²) in [4.78, 5) is 5.01. The van der Waals surface area contributed by atoms with Gasteiger partial charge in [-0.15, -0.1) is 0 Å². The van der Waals surface area contributed by atoms with Crippen molar-refractivity contribution in [2.45, 2.75) is 12.5 Å². The van der Waals surface area contributed by atoms with E-state index >= 15 is 0 Å². The first-order valence-corrected chi connectivity index (χ1v) is 4.29. The Kier molecular flexibility index (Phi) is 2.27. The molecule has 0 fully saturated rings. The molecule has 1 N–H and O–H groups in total. The summed E-state index contributed by atoms with van der Waals surface area (Å²) >= 11 is 0. The molecule has 3 nitrogen and oxygen atoms in total. The molecule has 0 unspecified atom stereocenters. The van der Waals surface area contributed by atoms with Gasteiger partial charge in [-0.3, -0.25) is 0 Å². The maximum Gasteiger partial charge on any atom is 0.156 e. The summed E-state index contributed by atoms with van der Waals surface area (Å²) in [6, 6.07) is 9.86. The van der Waals surface area contributed by atoms with Crippen molar-refractivity contribution in [2.24, 2.45) is 5.16 Å². The fourth-order valence-electron chi connectivity index (χ4n) is 1.33. The summed E-state index contributed by atoms with van der Waals surface area (Å²) in [6.45, 7) is 0.0276. The van der Waals surface area contributed by atoms with E-state index in [1.54, 1.807) is 0 Å². The number of oxime groups is 1. The van der Waals surface area contributed by atoms with Crippen molar-refractivity contribution < 1.29 is 9.94 Å². The molecule has 0 aromatic heterocycles. The SMILES string of the molecule is OC[C@H]1CC(c2ccccc2)=NO1. The van der Waals surface area contributed by atoms with E-state index in [9.17, 15) is 0 Å². The van der Waals surface area contributed by atoms with Crippen molar-refractivity contribution in [3.8, 4) is 0 Å². The number of nitrogens with zero attached hydrogens (tertiary/aromatic N) is 1. The summed E-state index contributed by atoms with van der Waals surface area (Å²) in [5.41, 5.74) is 1.98. The predicted octanol–water partition coefficient (Wildman–Crippen LogP) is 1.17. The van der Waals surface area contributed by atoms with Crippen LogP contribution in [0.1, 0.15) is 12.0 Å². The van der Waals surface area contributed by atoms with Crippen molar-refractivity contribution in [2.75, 3.05) is 6.61 Å². The fraction of sp³-hybridized carbons (Fsp3) is 0.300. The number of aliphatic hydroxyl groups is 1. The Morgan fingerprint density at radius 1 is 1.38 bits per heavy atom. The Labute approximate surface area is 76.6 Å². The van der Waals surface area contributed by atoms with Gasteiger partial charge in [0.1, 0.15) is 0 Å². The van der Waals surface area contributed by atoms with Crippen LogP contribution in [0.3, 0.4) is 0 Å². The maximum absolute atomic E-state index is 8.83. The molecular weight excluding hydrogens is 166 g/mol. The lowest BCUT2D eigenvalue weighted by Crippen LogP contribution is -2.12. The van der Waals surface area contributed by atoms with Gasteiger partial charge in [-0.1, -0.05) is 35.5 Å². The summed E-state index contributed by atoms with van der Waals surface area (Å²) < 4.78 is 0. The average molecular weight is 177 g/mol. The van der Waals surface area contributed by atoms with Gasteiger partial charge >= 0.3 is 0 Å². The molecule has 0 saturated heterocycles. The van der Waals surface area contributed by atoms with Gasteiger partial charge in [0.25, 0.3) is 0 Å². The summed E-state index contributed by atoms with van der Waals surface area (Å²) in [5.74, 6) is 0. The highest BCUT2D eigenvalue weighted by molar-refractivity contribution is 6.01. The molecule has 3 heteroatoms. The van der Waals surface area contributed by atoms with E-state index in [-0.39, 0.29) is 12.7 Å². The van der Waals surface area contributed by atoms with E-state index in [1.165, 1.54) is 0 Å². The highest BCUT2D eigenvalue weighted by atomic mass is 16.6. The lowest BCUT2D eigenvalue weighted by atomic mass is 10.1. The molecule has 0 amide bonds. The lowest BCUT2D eigenvalue weighted by Gasteiger charge is -2.01. The third-order valence-electron chi connectivity index (χ3n) is 2.04. The third-order valence-corrected chi connectivity index (χ3v) is 2.04. The van der Waals surface area contributed by atoms with Crippen molar-refractivity contribution in [1.82, 2.24) is 0 Å². The Balaban J connectivity index is 2.12. The van der Waals surface area contributed by atoms with E-state index in [2.05, 4.69) is 5.16 Å². The van der Waals surface area contributed by atoms with Crippen LogP contribution in [0.15, 0.2) is 35.5 Å². The Morgan fingerprint density at radius 2 is 2.15 bits per heavy atom. The molecule has 0 spiro atoms.